The van der Waals surface area contributed by atoms with Crippen molar-refractivity contribution in [2.24, 2.45) is 0 Å². The van der Waals surface area contributed by atoms with E-state index in [0.29, 0.717) is 6.54 Å². The Morgan fingerprint density at radius 2 is 1.64 bits per heavy atom. The van der Waals surface area contributed by atoms with Crippen LogP contribution in [0.5, 0.6) is 0 Å². The molecule has 36 heavy (non-hydrogen) atoms. The molecule has 0 aliphatic heterocycles. The number of aromatic nitrogens is 2. The number of hydrogen-bond donors (Lipinski definition) is 2. The van der Waals surface area contributed by atoms with Crippen LogP contribution in [0.1, 0.15) is 25.3 Å². The standard InChI is InChI=1S/C31H30N4O/c1-2-3-18-35-19-17-32-30(35)28-9-6-10-29(21-28)34-31(36)33-22-23-11-13-25(14-12-23)27-16-15-24-7-4-5-8-26(24)20-27/h4-17,19-21H,2-3,18,22H2,1H3,(H2,33,34,36). The Balaban J connectivity index is 1.19. The number of imidazole rings is 1. The van der Waals surface area contributed by atoms with Gasteiger partial charge in [-0.2, -0.15) is 0 Å². The summed E-state index contributed by atoms with van der Waals surface area (Å²) < 4.78 is 2.16. The molecule has 1 aromatic heterocycles. The number of nitrogens with zero attached hydrogens (tertiary/aromatic N) is 2. The monoisotopic (exact) mass is 474 g/mol. The van der Waals surface area contributed by atoms with Crippen molar-refractivity contribution in [1.29, 1.82) is 0 Å². The highest BCUT2D eigenvalue weighted by molar-refractivity contribution is 5.90. The maximum absolute atomic E-state index is 12.6. The number of aryl methyl sites for hydroxylation is 1. The quantitative estimate of drug-likeness (QED) is 0.245. The van der Waals surface area contributed by atoms with Crippen LogP contribution in [0, 0.1) is 0 Å². The third-order valence-electron chi connectivity index (χ3n) is 6.34. The second kappa shape index (κ2) is 10.9. The van der Waals surface area contributed by atoms with E-state index in [1.807, 2.05) is 36.7 Å². The lowest BCUT2D eigenvalue weighted by Gasteiger charge is -2.11. The van der Waals surface area contributed by atoms with Gasteiger partial charge < -0.3 is 15.2 Å². The van der Waals surface area contributed by atoms with E-state index in [1.165, 1.54) is 16.3 Å². The van der Waals surface area contributed by atoms with Gasteiger partial charge in [-0.3, -0.25) is 0 Å². The zero-order chi connectivity index (χ0) is 24.7. The summed E-state index contributed by atoms with van der Waals surface area (Å²) in [6.07, 6.45) is 6.06. The molecule has 4 aromatic carbocycles. The van der Waals surface area contributed by atoms with Crippen molar-refractivity contribution in [3.05, 3.63) is 109 Å². The van der Waals surface area contributed by atoms with E-state index in [9.17, 15) is 4.79 Å². The lowest BCUT2D eigenvalue weighted by atomic mass is 10.0. The van der Waals surface area contributed by atoms with Gasteiger partial charge in [-0.15, -0.1) is 0 Å². The normalized spacial score (nSPS) is 10.9. The molecule has 2 amide bonds. The van der Waals surface area contributed by atoms with Crippen molar-refractivity contribution in [2.75, 3.05) is 5.32 Å². The number of benzene rings is 4. The van der Waals surface area contributed by atoms with E-state index in [-0.39, 0.29) is 6.03 Å². The van der Waals surface area contributed by atoms with Crippen LogP contribution in [0.25, 0.3) is 33.3 Å². The number of hydrogen-bond acceptors (Lipinski definition) is 2. The van der Waals surface area contributed by atoms with Gasteiger partial charge in [0.2, 0.25) is 0 Å². The van der Waals surface area contributed by atoms with Crippen LogP contribution in [-0.2, 0) is 13.1 Å². The largest absolute Gasteiger partial charge is 0.334 e. The predicted octanol–water partition coefficient (Wildman–Crippen LogP) is 7.49. The molecule has 0 radical (unpaired) electrons. The van der Waals surface area contributed by atoms with Crippen LogP contribution >= 0.6 is 0 Å². The molecule has 0 aliphatic rings. The Kier molecular flexibility index (Phi) is 7.08. The summed E-state index contributed by atoms with van der Waals surface area (Å²) in [6.45, 7) is 3.56. The van der Waals surface area contributed by atoms with Crippen molar-refractivity contribution in [3.8, 4) is 22.5 Å². The van der Waals surface area contributed by atoms with Gasteiger partial charge in [0.1, 0.15) is 5.82 Å². The molecular weight excluding hydrogens is 444 g/mol. The number of carbonyl (C=O) groups excluding carboxylic acids is 1. The molecule has 0 unspecified atom stereocenters. The molecule has 0 aliphatic carbocycles. The Morgan fingerprint density at radius 1 is 0.833 bits per heavy atom. The van der Waals surface area contributed by atoms with Crippen LogP contribution in [0.3, 0.4) is 0 Å². The Hall–Kier alpha value is -4.38. The van der Waals surface area contributed by atoms with Crippen LogP contribution in [0.4, 0.5) is 10.5 Å². The number of carbonyl (C=O) groups is 1. The number of urea groups is 1. The first-order valence-corrected chi connectivity index (χ1v) is 12.4. The minimum Gasteiger partial charge on any atom is -0.334 e. The van der Waals surface area contributed by atoms with Gasteiger partial charge in [0.15, 0.2) is 0 Å². The fourth-order valence-corrected chi connectivity index (χ4v) is 4.36. The minimum absolute atomic E-state index is 0.236. The predicted molar refractivity (Wildman–Crippen MR) is 148 cm³/mol. The molecule has 0 fully saturated rings. The first-order chi connectivity index (χ1) is 17.7. The van der Waals surface area contributed by atoms with E-state index >= 15 is 0 Å². The van der Waals surface area contributed by atoms with Gasteiger partial charge in [0, 0.05) is 36.7 Å². The summed E-state index contributed by atoms with van der Waals surface area (Å²) >= 11 is 0. The Bertz CT molecular complexity index is 1470. The van der Waals surface area contributed by atoms with E-state index in [1.54, 1.807) is 0 Å². The number of anilines is 1. The fourth-order valence-electron chi connectivity index (χ4n) is 4.36. The first kappa shape index (κ1) is 23.4. The number of unbranched alkanes of at least 4 members (excludes halogenated alkanes) is 1. The highest BCUT2D eigenvalue weighted by Crippen LogP contribution is 2.25. The van der Waals surface area contributed by atoms with Crippen molar-refractivity contribution < 1.29 is 4.79 Å². The van der Waals surface area contributed by atoms with E-state index < -0.39 is 0 Å². The Labute approximate surface area is 211 Å². The van der Waals surface area contributed by atoms with Crippen LogP contribution in [-0.4, -0.2) is 15.6 Å². The molecule has 2 N–H and O–H groups in total. The van der Waals surface area contributed by atoms with Crippen LogP contribution in [0.2, 0.25) is 0 Å². The molecule has 5 heteroatoms. The van der Waals surface area contributed by atoms with Gasteiger partial charge in [0.05, 0.1) is 0 Å². The highest BCUT2D eigenvalue weighted by Gasteiger charge is 2.08. The molecule has 0 bridgehead atoms. The lowest BCUT2D eigenvalue weighted by molar-refractivity contribution is 0.251. The summed E-state index contributed by atoms with van der Waals surface area (Å²) in [5, 5.41) is 8.36. The molecule has 5 aromatic rings. The summed E-state index contributed by atoms with van der Waals surface area (Å²) in [6, 6.07) is 30.8. The van der Waals surface area contributed by atoms with Gasteiger partial charge >= 0.3 is 6.03 Å². The van der Waals surface area contributed by atoms with Crippen molar-refractivity contribution in [2.45, 2.75) is 32.9 Å². The van der Waals surface area contributed by atoms with E-state index in [2.05, 4.69) is 93.8 Å². The van der Waals surface area contributed by atoms with Crippen molar-refractivity contribution in [1.82, 2.24) is 14.9 Å². The van der Waals surface area contributed by atoms with Crippen LogP contribution in [0.15, 0.2) is 103 Å². The number of nitrogens with one attached hydrogen (secondary N) is 2. The number of fused-ring (bicyclic) bond motifs is 1. The highest BCUT2D eigenvalue weighted by atomic mass is 16.2. The molecule has 1 heterocycles. The number of amides is 2. The minimum atomic E-state index is -0.236. The third kappa shape index (κ3) is 5.47. The molecule has 0 saturated heterocycles. The van der Waals surface area contributed by atoms with E-state index in [4.69, 9.17) is 0 Å². The topological polar surface area (TPSA) is 59.0 Å². The van der Waals surface area contributed by atoms with Crippen LogP contribution < -0.4 is 10.6 Å². The SMILES string of the molecule is CCCCn1ccnc1-c1cccc(NC(=O)NCc2ccc(-c3ccc4ccccc4c3)cc2)c1. The summed E-state index contributed by atoms with van der Waals surface area (Å²) in [5.41, 5.74) is 5.10. The average molecular weight is 475 g/mol. The third-order valence-corrected chi connectivity index (χ3v) is 6.34. The zero-order valence-corrected chi connectivity index (χ0v) is 20.4. The van der Waals surface area contributed by atoms with Gasteiger partial charge in [-0.25, -0.2) is 9.78 Å². The summed E-state index contributed by atoms with van der Waals surface area (Å²) in [5.74, 6) is 0.916. The number of rotatable bonds is 8. The smallest absolute Gasteiger partial charge is 0.319 e. The molecular formula is C31H30N4O. The van der Waals surface area contributed by atoms with E-state index in [0.717, 1.165) is 47.6 Å². The van der Waals surface area contributed by atoms with Gasteiger partial charge in [-0.1, -0.05) is 86.1 Å². The second-order valence-corrected chi connectivity index (χ2v) is 8.95. The molecule has 0 spiro atoms. The maximum atomic E-state index is 12.6. The second-order valence-electron chi connectivity index (χ2n) is 8.95. The summed E-state index contributed by atoms with van der Waals surface area (Å²) in [4.78, 5) is 17.1. The fraction of sp³-hybridized carbons (Fsp3) is 0.161. The molecule has 180 valence electrons. The van der Waals surface area contributed by atoms with Crippen molar-refractivity contribution >= 4 is 22.5 Å². The molecule has 0 saturated carbocycles. The first-order valence-electron chi connectivity index (χ1n) is 12.4. The molecule has 5 rings (SSSR count). The van der Waals surface area contributed by atoms with Crippen molar-refractivity contribution in [3.63, 3.8) is 0 Å². The van der Waals surface area contributed by atoms with Gasteiger partial charge in [0.25, 0.3) is 0 Å². The Morgan fingerprint density at radius 3 is 2.47 bits per heavy atom. The molecule has 5 nitrogen and oxygen atoms in total. The lowest BCUT2D eigenvalue weighted by Crippen LogP contribution is -2.28. The zero-order valence-electron chi connectivity index (χ0n) is 20.4. The molecule has 0 atom stereocenters. The maximum Gasteiger partial charge on any atom is 0.319 e. The van der Waals surface area contributed by atoms with Gasteiger partial charge in [-0.05, 0) is 52.1 Å². The average Bonchev–Trinajstić information content (AvgIpc) is 3.39. The summed E-state index contributed by atoms with van der Waals surface area (Å²) in [7, 11) is 0.